The van der Waals surface area contributed by atoms with Crippen molar-refractivity contribution in [1.82, 2.24) is 4.98 Å². The molecule has 0 saturated carbocycles. The molecule has 1 heterocycles. The number of nitriles is 1. The van der Waals surface area contributed by atoms with Crippen LogP contribution in [-0.4, -0.2) is 18.6 Å². The third kappa shape index (κ3) is 4.56. The van der Waals surface area contributed by atoms with E-state index < -0.39 is 0 Å². The third-order valence-corrected chi connectivity index (χ3v) is 3.92. The molecule has 0 spiro atoms. The number of rotatable bonds is 5. The van der Waals surface area contributed by atoms with Crippen molar-refractivity contribution in [2.75, 3.05) is 24.7 Å². The molecule has 1 aromatic heterocycles. The van der Waals surface area contributed by atoms with Crippen molar-refractivity contribution in [2.24, 2.45) is 0 Å². The van der Waals surface area contributed by atoms with Crippen molar-refractivity contribution in [3.63, 3.8) is 0 Å². The first kappa shape index (κ1) is 19.8. The number of nitrogens with two attached hydrogens (primary N) is 1. The first-order valence-corrected chi connectivity index (χ1v) is 8.77. The largest absolute Gasteiger partial charge is 0.495 e. The van der Waals surface area contributed by atoms with E-state index in [1.807, 2.05) is 62.4 Å². The van der Waals surface area contributed by atoms with Crippen LogP contribution in [0.2, 0.25) is 0 Å². The van der Waals surface area contributed by atoms with Crippen molar-refractivity contribution in [3.05, 3.63) is 60.8 Å². The van der Waals surface area contributed by atoms with Gasteiger partial charge in [0.1, 0.15) is 5.75 Å². The van der Waals surface area contributed by atoms with E-state index in [2.05, 4.69) is 16.9 Å². The number of aromatic nitrogens is 1. The van der Waals surface area contributed by atoms with Gasteiger partial charge >= 0.3 is 0 Å². The molecule has 27 heavy (non-hydrogen) atoms. The molecule has 5 nitrogen and oxygen atoms in total. The molecular weight excluding hydrogens is 336 g/mol. The standard InChI is InChI=1S/C20H18N4O.C2H6/c1-13(10-21)11-24-20-17-9-15(18-7-6-16(22)12-23-18)4-3-14(17)5-8-19(20)25-2;1-2/h3-9,12,24H,1,11,22H2,2H3;1-2H3. The van der Waals surface area contributed by atoms with Crippen molar-refractivity contribution >= 4 is 22.1 Å². The molecule has 3 rings (SSSR count). The van der Waals surface area contributed by atoms with Crippen LogP contribution in [0.3, 0.4) is 0 Å². The Bertz CT molecular complexity index is 972. The van der Waals surface area contributed by atoms with Gasteiger partial charge in [-0.25, -0.2) is 0 Å². The highest BCUT2D eigenvalue weighted by Gasteiger charge is 2.10. The number of methoxy groups -OCH3 is 1. The molecule has 0 fully saturated rings. The van der Waals surface area contributed by atoms with Crippen LogP contribution in [-0.2, 0) is 0 Å². The van der Waals surface area contributed by atoms with Gasteiger partial charge in [-0.3, -0.25) is 4.98 Å². The van der Waals surface area contributed by atoms with E-state index in [1.165, 1.54) is 0 Å². The highest BCUT2D eigenvalue weighted by atomic mass is 16.5. The van der Waals surface area contributed by atoms with Crippen LogP contribution in [0.5, 0.6) is 5.75 Å². The lowest BCUT2D eigenvalue weighted by molar-refractivity contribution is 0.417. The molecule has 0 unspecified atom stereocenters. The van der Waals surface area contributed by atoms with Gasteiger partial charge < -0.3 is 15.8 Å². The van der Waals surface area contributed by atoms with Gasteiger partial charge in [0.05, 0.1) is 36.4 Å². The number of nitrogens with zero attached hydrogens (tertiary/aromatic N) is 2. The van der Waals surface area contributed by atoms with E-state index in [1.54, 1.807) is 13.3 Å². The second-order valence-corrected chi connectivity index (χ2v) is 5.62. The van der Waals surface area contributed by atoms with Crippen molar-refractivity contribution in [1.29, 1.82) is 5.26 Å². The predicted octanol–water partition coefficient (Wildman–Crippen LogP) is 5.01. The molecule has 2 aromatic carbocycles. The molecular formula is C22H24N4O. The summed E-state index contributed by atoms with van der Waals surface area (Å²) in [6, 6.07) is 15.8. The molecule has 138 valence electrons. The number of ether oxygens (including phenoxy) is 1. The second-order valence-electron chi connectivity index (χ2n) is 5.62. The SMILES string of the molecule is C=C(C#N)CNc1c(OC)ccc2ccc(-c3ccc(N)cn3)cc12.CC. The lowest BCUT2D eigenvalue weighted by Crippen LogP contribution is -2.05. The predicted molar refractivity (Wildman–Crippen MR) is 113 cm³/mol. The maximum absolute atomic E-state index is 8.93. The van der Waals surface area contributed by atoms with Gasteiger partial charge in [-0.2, -0.15) is 5.26 Å². The molecule has 0 bridgehead atoms. The quantitative estimate of drug-likeness (QED) is 0.625. The highest BCUT2D eigenvalue weighted by Crippen LogP contribution is 2.35. The van der Waals surface area contributed by atoms with Gasteiger partial charge in [-0.1, -0.05) is 38.6 Å². The Hall–Kier alpha value is -3.52. The lowest BCUT2D eigenvalue weighted by atomic mass is 10.0. The summed E-state index contributed by atoms with van der Waals surface area (Å²) in [7, 11) is 1.62. The molecule has 0 atom stereocenters. The minimum Gasteiger partial charge on any atom is -0.495 e. The fourth-order valence-electron chi connectivity index (χ4n) is 2.62. The van der Waals surface area contributed by atoms with Gasteiger partial charge in [0, 0.05) is 23.1 Å². The van der Waals surface area contributed by atoms with Crippen LogP contribution in [0.25, 0.3) is 22.0 Å². The molecule has 0 radical (unpaired) electrons. The van der Waals surface area contributed by atoms with Crippen molar-refractivity contribution in [2.45, 2.75) is 13.8 Å². The van der Waals surface area contributed by atoms with Crippen LogP contribution in [0.15, 0.2) is 60.8 Å². The summed E-state index contributed by atoms with van der Waals surface area (Å²) in [5, 5.41) is 14.2. The van der Waals surface area contributed by atoms with Gasteiger partial charge in [0.15, 0.2) is 0 Å². The van der Waals surface area contributed by atoms with Gasteiger partial charge in [0.2, 0.25) is 0 Å². The minimum atomic E-state index is 0.357. The van der Waals surface area contributed by atoms with Crippen LogP contribution in [0.4, 0.5) is 11.4 Å². The van der Waals surface area contributed by atoms with Crippen molar-refractivity contribution in [3.8, 4) is 23.1 Å². The Kier molecular flexibility index (Phi) is 6.79. The third-order valence-electron chi connectivity index (χ3n) is 3.92. The number of anilines is 2. The Morgan fingerprint density at radius 3 is 2.59 bits per heavy atom. The van der Waals surface area contributed by atoms with E-state index >= 15 is 0 Å². The Balaban J connectivity index is 0.00000126. The average Bonchev–Trinajstić information content (AvgIpc) is 2.73. The number of nitrogen functional groups attached to an aromatic ring is 1. The average molecular weight is 360 g/mol. The summed E-state index contributed by atoms with van der Waals surface area (Å²) >= 11 is 0. The topological polar surface area (TPSA) is 84.0 Å². The first-order valence-electron chi connectivity index (χ1n) is 8.77. The fraction of sp³-hybridized carbons (Fsp3) is 0.182. The molecule has 0 aliphatic carbocycles. The van der Waals surface area contributed by atoms with Crippen molar-refractivity contribution < 1.29 is 4.74 Å². The smallest absolute Gasteiger partial charge is 0.142 e. The number of fused-ring (bicyclic) bond motifs is 1. The fourth-order valence-corrected chi connectivity index (χ4v) is 2.62. The maximum atomic E-state index is 8.93. The second kappa shape index (κ2) is 9.25. The Morgan fingerprint density at radius 1 is 1.22 bits per heavy atom. The number of pyridine rings is 1. The zero-order valence-electron chi connectivity index (χ0n) is 15.9. The normalized spacial score (nSPS) is 9.70. The number of benzene rings is 2. The van der Waals surface area contributed by atoms with E-state index in [-0.39, 0.29) is 0 Å². The van der Waals surface area contributed by atoms with Crippen LogP contribution in [0, 0.1) is 11.3 Å². The van der Waals surface area contributed by atoms with E-state index in [0.29, 0.717) is 23.6 Å². The molecule has 5 heteroatoms. The van der Waals surface area contributed by atoms with E-state index in [4.69, 9.17) is 15.7 Å². The van der Waals surface area contributed by atoms with E-state index in [0.717, 1.165) is 27.7 Å². The van der Waals surface area contributed by atoms with Gasteiger partial charge in [-0.05, 0) is 29.7 Å². The number of hydrogen-bond acceptors (Lipinski definition) is 5. The monoisotopic (exact) mass is 360 g/mol. The summed E-state index contributed by atoms with van der Waals surface area (Å²) in [4.78, 5) is 4.38. The lowest BCUT2D eigenvalue weighted by Gasteiger charge is -2.15. The zero-order chi connectivity index (χ0) is 19.8. The molecule has 0 aliphatic rings. The molecule has 0 aliphatic heterocycles. The van der Waals surface area contributed by atoms with E-state index in [9.17, 15) is 0 Å². The molecule has 0 amide bonds. The number of hydrogen-bond donors (Lipinski definition) is 2. The summed E-state index contributed by atoms with van der Waals surface area (Å²) in [5.74, 6) is 0.709. The summed E-state index contributed by atoms with van der Waals surface area (Å²) in [6.45, 7) is 8.07. The molecule has 0 saturated heterocycles. The summed E-state index contributed by atoms with van der Waals surface area (Å²) < 4.78 is 5.47. The Morgan fingerprint density at radius 2 is 1.96 bits per heavy atom. The summed E-state index contributed by atoms with van der Waals surface area (Å²) in [5.41, 5.74) is 9.44. The van der Waals surface area contributed by atoms with Gasteiger partial charge in [-0.15, -0.1) is 0 Å². The highest BCUT2D eigenvalue weighted by molar-refractivity contribution is 5.99. The van der Waals surface area contributed by atoms with Crippen LogP contribution in [0.1, 0.15) is 13.8 Å². The number of nitrogens with one attached hydrogen (secondary N) is 1. The Labute approximate surface area is 160 Å². The van der Waals surface area contributed by atoms with Crippen LogP contribution >= 0.6 is 0 Å². The molecule has 3 N–H and O–H groups in total. The maximum Gasteiger partial charge on any atom is 0.142 e. The first-order chi connectivity index (χ1) is 13.1. The molecule has 3 aromatic rings. The van der Waals surface area contributed by atoms with Crippen LogP contribution < -0.4 is 15.8 Å². The summed E-state index contributed by atoms with van der Waals surface area (Å²) in [6.07, 6.45) is 1.64. The zero-order valence-corrected chi connectivity index (χ0v) is 15.9. The van der Waals surface area contributed by atoms with Gasteiger partial charge in [0.25, 0.3) is 0 Å². The minimum absolute atomic E-state index is 0.357.